The van der Waals surface area contributed by atoms with Crippen LogP contribution in [0.2, 0.25) is 0 Å². The summed E-state index contributed by atoms with van der Waals surface area (Å²) in [7, 11) is 0. The molecule has 0 bridgehead atoms. The molecule has 0 radical (unpaired) electrons. The number of nitrogens with zero attached hydrogens (tertiary/aromatic N) is 4. The molecule has 3 rings (SSSR count). The molecule has 0 amide bonds. The molecule has 0 unspecified atom stereocenters. The molecule has 0 aromatic carbocycles. The number of rotatable bonds is 1. The van der Waals surface area contributed by atoms with Gasteiger partial charge in [-0.25, -0.2) is 9.50 Å². The van der Waals surface area contributed by atoms with E-state index in [1.165, 1.54) is 0 Å². The van der Waals surface area contributed by atoms with Gasteiger partial charge >= 0.3 is 0 Å². The van der Waals surface area contributed by atoms with E-state index in [4.69, 9.17) is 4.74 Å². The van der Waals surface area contributed by atoms with Crippen molar-refractivity contribution in [3.63, 3.8) is 0 Å². The zero-order valence-electron chi connectivity index (χ0n) is 8.64. The topological polar surface area (TPSA) is 42.7 Å². The van der Waals surface area contributed by atoms with Crippen molar-refractivity contribution in [1.82, 2.24) is 14.6 Å². The van der Waals surface area contributed by atoms with Crippen molar-refractivity contribution in [3.05, 3.63) is 22.9 Å². The Balaban J connectivity index is 1.99. The lowest BCUT2D eigenvalue weighted by atomic mass is 10.4. The van der Waals surface area contributed by atoms with E-state index in [9.17, 15) is 0 Å². The van der Waals surface area contributed by atoms with Crippen molar-refractivity contribution in [3.8, 4) is 0 Å². The lowest BCUT2D eigenvalue weighted by Gasteiger charge is -2.27. The first kappa shape index (κ1) is 10.0. The molecule has 0 spiro atoms. The van der Waals surface area contributed by atoms with Crippen molar-refractivity contribution in [2.75, 3.05) is 31.2 Å². The minimum Gasteiger partial charge on any atom is -0.378 e. The molecule has 1 aliphatic rings. The van der Waals surface area contributed by atoms with E-state index < -0.39 is 0 Å². The monoisotopic (exact) mass is 282 g/mol. The maximum atomic E-state index is 5.32. The van der Waals surface area contributed by atoms with E-state index in [0.717, 1.165) is 42.4 Å². The predicted molar refractivity (Wildman–Crippen MR) is 63.7 cm³/mol. The number of anilines is 1. The first-order valence-corrected chi connectivity index (χ1v) is 5.97. The summed E-state index contributed by atoms with van der Waals surface area (Å²) in [6.07, 6.45) is 1.76. The first-order chi connectivity index (χ1) is 7.84. The second-order valence-electron chi connectivity index (χ2n) is 3.64. The Morgan fingerprint density at radius 2 is 2.06 bits per heavy atom. The lowest BCUT2D eigenvalue weighted by Crippen LogP contribution is -2.37. The van der Waals surface area contributed by atoms with Crippen LogP contribution in [0.1, 0.15) is 0 Å². The van der Waals surface area contributed by atoms with E-state index in [-0.39, 0.29) is 0 Å². The fourth-order valence-electron chi connectivity index (χ4n) is 1.80. The van der Waals surface area contributed by atoms with Crippen LogP contribution < -0.4 is 4.90 Å². The molecular formula is C10H11BrN4O. The minimum absolute atomic E-state index is 0.769. The fraction of sp³-hybridized carbons (Fsp3) is 0.400. The Labute approximate surface area is 101 Å². The third kappa shape index (κ3) is 1.68. The van der Waals surface area contributed by atoms with E-state index in [1.54, 1.807) is 10.7 Å². The summed E-state index contributed by atoms with van der Waals surface area (Å²) in [6, 6.07) is 3.97. The van der Waals surface area contributed by atoms with Gasteiger partial charge in [0.2, 0.25) is 0 Å². The molecule has 0 saturated carbocycles. The van der Waals surface area contributed by atoms with Gasteiger partial charge in [-0.3, -0.25) is 0 Å². The molecule has 3 heterocycles. The van der Waals surface area contributed by atoms with Gasteiger partial charge in [-0.05, 0) is 28.1 Å². The largest absolute Gasteiger partial charge is 0.378 e. The standard InChI is InChI=1S/C10H11BrN4O/c11-8-7-12-9-1-2-10(13-15(8)9)14-3-5-16-6-4-14/h1-2,7H,3-6H2. The normalized spacial score (nSPS) is 16.9. The third-order valence-electron chi connectivity index (χ3n) is 2.64. The summed E-state index contributed by atoms with van der Waals surface area (Å²) in [6.45, 7) is 3.32. The highest BCUT2D eigenvalue weighted by atomic mass is 79.9. The van der Waals surface area contributed by atoms with Crippen molar-refractivity contribution in [2.24, 2.45) is 0 Å². The summed E-state index contributed by atoms with van der Waals surface area (Å²) in [5.74, 6) is 0.967. The number of hydrogen-bond acceptors (Lipinski definition) is 4. The molecule has 0 atom stereocenters. The maximum absolute atomic E-state index is 5.32. The van der Waals surface area contributed by atoms with E-state index in [2.05, 4.69) is 30.9 Å². The molecule has 1 fully saturated rings. The number of morpholine rings is 1. The number of imidazole rings is 1. The molecule has 16 heavy (non-hydrogen) atoms. The summed E-state index contributed by atoms with van der Waals surface area (Å²) >= 11 is 3.42. The van der Waals surface area contributed by atoms with E-state index >= 15 is 0 Å². The number of ether oxygens (including phenoxy) is 1. The Kier molecular flexibility index (Phi) is 2.53. The molecule has 1 saturated heterocycles. The van der Waals surface area contributed by atoms with Crippen LogP contribution in [-0.2, 0) is 4.74 Å². The van der Waals surface area contributed by atoms with Gasteiger partial charge in [0.05, 0.1) is 19.4 Å². The SMILES string of the molecule is Brc1cnc2ccc(N3CCOCC3)nn12. The van der Waals surface area contributed by atoms with Crippen molar-refractivity contribution in [1.29, 1.82) is 0 Å². The smallest absolute Gasteiger partial charge is 0.154 e. The highest BCUT2D eigenvalue weighted by Crippen LogP contribution is 2.16. The van der Waals surface area contributed by atoms with Gasteiger partial charge in [0, 0.05) is 13.1 Å². The molecule has 84 valence electrons. The van der Waals surface area contributed by atoms with Crippen LogP contribution in [0, 0.1) is 0 Å². The summed E-state index contributed by atoms with van der Waals surface area (Å²) in [4.78, 5) is 6.43. The second kappa shape index (κ2) is 4.03. The minimum atomic E-state index is 0.769. The number of hydrogen-bond donors (Lipinski definition) is 0. The zero-order valence-corrected chi connectivity index (χ0v) is 10.2. The Bertz CT molecular complexity index is 506. The quantitative estimate of drug-likeness (QED) is 0.792. The van der Waals surface area contributed by atoms with Crippen LogP contribution >= 0.6 is 15.9 Å². The van der Waals surface area contributed by atoms with Crippen LogP contribution in [0.3, 0.4) is 0 Å². The highest BCUT2D eigenvalue weighted by Gasteiger charge is 2.13. The number of halogens is 1. The average Bonchev–Trinajstić information content (AvgIpc) is 2.72. The van der Waals surface area contributed by atoms with Crippen LogP contribution in [-0.4, -0.2) is 40.9 Å². The molecule has 6 heteroatoms. The second-order valence-corrected chi connectivity index (χ2v) is 4.45. The van der Waals surface area contributed by atoms with Gasteiger partial charge in [0.25, 0.3) is 0 Å². The summed E-state index contributed by atoms with van der Waals surface area (Å²) in [5.41, 5.74) is 0.851. The van der Waals surface area contributed by atoms with Crippen molar-refractivity contribution >= 4 is 27.4 Å². The van der Waals surface area contributed by atoms with Crippen molar-refractivity contribution < 1.29 is 4.74 Å². The van der Waals surface area contributed by atoms with Crippen LogP contribution in [0.15, 0.2) is 22.9 Å². The predicted octanol–water partition coefficient (Wildman–Crippen LogP) is 1.33. The Morgan fingerprint density at radius 3 is 2.88 bits per heavy atom. The zero-order chi connectivity index (χ0) is 11.0. The molecule has 2 aromatic heterocycles. The molecule has 5 nitrogen and oxygen atoms in total. The van der Waals surface area contributed by atoms with Gasteiger partial charge in [-0.2, -0.15) is 0 Å². The first-order valence-electron chi connectivity index (χ1n) is 5.17. The fourth-order valence-corrected chi connectivity index (χ4v) is 2.16. The number of fused-ring (bicyclic) bond motifs is 1. The summed E-state index contributed by atoms with van der Waals surface area (Å²) in [5, 5.41) is 4.54. The molecular weight excluding hydrogens is 272 g/mol. The Morgan fingerprint density at radius 1 is 1.25 bits per heavy atom. The van der Waals surface area contributed by atoms with E-state index in [0.29, 0.717) is 0 Å². The lowest BCUT2D eigenvalue weighted by molar-refractivity contribution is 0.122. The van der Waals surface area contributed by atoms with Gasteiger partial charge in [-0.15, -0.1) is 5.10 Å². The molecule has 2 aromatic rings. The summed E-state index contributed by atoms with van der Waals surface area (Å²) < 4.78 is 7.99. The number of aromatic nitrogens is 3. The van der Waals surface area contributed by atoms with Crippen molar-refractivity contribution in [2.45, 2.75) is 0 Å². The van der Waals surface area contributed by atoms with Gasteiger partial charge in [0.1, 0.15) is 10.4 Å². The van der Waals surface area contributed by atoms with Gasteiger partial charge in [0.15, 0.2) is 5.65 Å². The molecule has 0 aliphatic carbocycles. The molecule has 1 aliphatic heterocycles. The van der Waals surface area contributed by atoms with Crippen LogP contribution in [0.25, 0.3) is 5.65 Å². The third-order valence-corrected chi connectivity index (χ3v) is 3.18. The highest BCUT2D eigenvalue weighted by molar-refractivity contribution is 9.10. The van der Waals surface area contributed by atoms with Crippen LogP contribution in [0.4, 0.5) is 5.82 Å². The van der Waals surface area contributed by atoms with Gasteiger partial charge < -0.3 is 9.64 Å². The molecule has 0 N–H and O–H groups in total. The average molecular weight is 283 g/mol. The Hall–Kier alpha value is -1.14. The van der Waals surface area contributed by atoms with Gasteiger partial charge in [-0.1, -0.05) is 0 Å². The van der Waals surface area contributed by atoms with Crippen LogP contribution in [0.5, 0.6) is 0 Å². The van der Waals surface area contributed by atoms with E-state index in [1.807, 2.05) is 12.1 Å². The maximum Gasteiger partial charge on any atom is 0.154 e.